The van der Waals surface area contributed by atoms with Gasteiger partial charge in [0.25, 0.3) is 11.6 Å². The topological polar surface area (TPSA) is 110 Å². The third-order valence-corrected chi connectivity index (χ3v) is 2.87. The third kappa shape index (κ3) is 5.57. The van der Waals surface area contributed by atoms with Crippen molar-refractivity contribution in [3.8, 4) is 0 Å². The number of nitro groups is 1. The lowest BCUT2D eigenvalue weighted by molar-refractivity contribution is -0.385. The Morgan fingerprint density at radius 1 is 1.26 bits per heavy atom. The molecular weight excluding hydrogens is 321 g/mol. The summed E-state index contributed by atoms with van der Waals surface area (Å²) in [4.78, 5) is 31.9. The first-order valence-electron chi connectivity index (χ1n) is 6.48. The summed E-state index contributed by atoms with van der Waals surface area (Å²) in [5.74, 6) is -1.88. The molecule has 0 unspecified atom stereocenters. The van der Waals surface area contributed by atoms with Crippen molar-refractivity contribution < 1.29 is 32.8 Å². The van der Waals surface area contributed by atoms with E-state index >= 15 is 0 Å². The van der Waals surface area contributed by atoms with Gasteiger partial charge >= 0.3 is 12.1 Å². The molecule has 1 rings (SSSR count). The molecule has 10 heteroatoms. The van der Waals surface area contributed by atoms with Crippen LogP contribution in [0.5, 0.6) is 0 Å². The van der Waals surface area contributed by atoms with Crippen molar-refractivity contribution in [3.05, 3.63) is 39.4 Å². The summed E-state index contributed by atoms with van der Waals surface area (Å²) in [7, 11) is 0. The van der Waals surface area contributed by atoms with Crippen molar-refractivity contribution in [2.75, 3.05) is 6.54 Å². The number of alkyl halides is 3. The van der Waals surface area contributed by atoms with E-state index in [2.05, 4.69) is 5.32 Å². The average Bonchev–Trinajstić information content (AvgIpc) is 2.44. The molecule has 0 aromatic heterocycles. The number of aliphatic carboxylic acids is 1. The van der Waals surface area contributed by atoms with Crippen LogP contribution in [0.2, 0.25) is 0 Å². The van der Waals surface area contributed by atoms with Gasteiger partial charge in [-0.25, -0.2) is 0 Å². The largest absolute Gasteiger partial charge is 0.481 e. The molecule has 126 valence electrons. The maximum Gasteiger partial charge on any atom is 0.416 e. The molecule has 0 saturated carbocycles. The van der Waals surface area contributed by atoms with E-state index < -0.39 is 39.8 Å². The number of nitrogens with one attached hydrogen (secondary N) is 1. The van der Waals surface area contributed by atoms with E-state index in [1.807, 2.05) is 0 Å². The number of hydrogen-bond donors (Lipinski definition) is 2. The monoisotopic (exact) mass is 334 g/mol. The van der Waals surface area contributed by atoms with Crippen LogP contribution < -0.4 is 5.32 Å². The minimum absolute atomic E-state index is 0.0598. The van der Waals surface area contributed by atoms with Gasteiger partial charge in [0.1, 0.15) is 5.56 Å². The minimum atomic E-state index is -4.75. The number of nitro benzene ring substituents is 1. The molecule has 2 N–H and O–H groups in total. The van der Waals surface area contributed by atoms with E-state index in [1.165, 1.54) is 0 Å². The van der Waals surface area contributed by atoms with Gasteiger partial charge in [0.2, 0.25) is 0 Å². The number of hydrogen-bond acceptors (Lipinski definition) is 4. The van der Waals surface area contributed by atoms with Crippen LogP contribution in [0.4, 0.5) is 18.9 Å². The van der Waals surface area contributed by atoms with Gasteiger partial charge < -0.3 is 10.4 Å². The highest BCUT2D eigenvalue weighted by molar-refractivity contribution is 5.98. The van der Waals surface area contributed by atoms with Gasteiger partial charge in [-0.2, -0.15) is 13.2 Å². The van der Waals surface area contributed by atoms with Crippen LogP contribution in [0.25, 0.3) is 0 Å². The highest BCUT2D eigenvalue weighted by Gasteiger charge is 2.33. The summed E-state index contributed by atoms with van der Waals surface area (Å²) in [6.07, 6.45) is -4.22. The molecule has 0 spiro atoms. The number of halogens is 3. The Balaban J connectivity index is 2.80. The van der Waals surface area contributed by atoms with E-state index in [9.17, 15) is 32.9 Å². The summed E-state index contributed by atoms with van der Waals surface area (Å²) in [5, 5.41) is 21.6. The lowest BCUT2D eigenvalue weighted by atomic mass is 10.1. The molecule has 23 heavy (non-hydrogen) atoms. The van der Waals surface area contributed by atoms with Crippen LogP contribution in [0, 0.1) is 10.1 Å². The Labute approximate surface area is 128 Å². The molecule has 0 radical (unpaired) electrons. The van der Waals surface area contributed by atoms with Gasteiger partial charge in [0.05, 0.1) is 10.5 Å². The summed E-state index contributed by atoms with van der Waals surface area (Å²) >= 11 is 0. The zero-order valence-electron chi connectivity index (χ0n) is 11.7. The standard InChI is InChI=1S/C13H13F3N2O5/c14-13(15,16)8-4-5-9(10(7-8)18(22)23)12(21)17-6-2-1-3-11(19)20/h4-5,7H,1-3,6H2,(H,17,21)(H,19,20). The highest BCUT2D eigenvalue weighted by Crippen LogP contribution is 2.32. The molecule has 0 aliphatic carbocycles. The number of carboxylic acids is 1. The average molecular weight is 334 g/mol. The molecule has 0 atom stereocenters. The molecular formula is C13H13F3N2O5. The van der Waals surface area contributed by atoms with Gasteiger partial charge in [-0.1, -0.05) is 0 Å². The second-order valence-electron chi connectivity index (χ2n) is 4.59. The van der Waals surface area contributed by atoms with Crippen LogP contribution in [0.1, 0.15) is 35.2 Å². The first kappa shape index (κ1) is 18.4. The van der Waals surface area contributed by atoms with Crippen molar-refractivity contribution in [3.63, 3.8) is 0 Å². The molecule has 0 heterocycles. The van der Waals surface area contributed by atoms with Gasteiger partial charge in [0, 0.05) is 19.0 Å². The minimum Gasteiger partial charge on any atom is -0.481 e. The number of unbranched alkanes of at least 4 members (excludes halogenated alkanes) is 1. The molecule has 0 saturated heterocycles. The number of benzene rings is 1. The van der Waals surface area contributed by atoms with Crippen LogP contribution in [-0.4, -0.2) is 28.5 Å². The number of carbonyl (C=O) groups is 2. The number of rotatable bonds is 7. The fourth-order valence-corrected chi connectivity index (χ4v) is 1.75. The van der Waals surface area contributed by atoms with E-state index in [4.69, 9.17) is 5.11 Å². The van der Waals surface area contributed by atoms with E-state index in [-0.39, 0.29) is 13.0 Å². The first-order chi connectivity index (χ1) is 10.6. The Morgan fingerprint density at radius 2 is 1.91 bits per heavy atom. The number of amides is 1. The Kier molecular flexibility index (Phi) is 6.05. The van der Waals surface area contributed by atoms with E-state index in [0.29, 0.717) is 25.0 Å². The normalized spacial score (nSPS) is 11.1. The summed E-state index contributed by atoms with van der Waals surface area (Å²) in [6, 6.07) is 1.64. The quantitative estimate of drug-likeness (QED) is 0.452. The molecule has 1 aromatic rings. The van der Waals surface area contributed by atoms with Crippen molar-refractivity contribution in [2.24, 2.45) is 0 Å². The maximum atomic E-state index is 12.5. The van der Waals surface area contributed by atoms with Crippen molar-refractivity contribution in [2.45, 2.75) is 25.4 Å². The highest BCUT2D eigenvalue weighted by atomic mass is 19.4. The Bertz CT molecular complexity index is 616. The van der Waals surface area contributed by atoms with Gasteiger partial charge in [-0.15, -0.1) is 0 Å². The van der Waals surface area contributed by atoms with Crippen molar-refractivity contribution >= 4 is 17.6 Å². The second-order valence-corrected chi connectivity index (χ2v) is 4.59. The van der Waals surface area contributed by atoms with Crippen LogP contribution >= 0.6 is 0 Å². The predicted molar refractivity (Wildman–Crippen MR) is 71.9 cm³/mol. The second kappa shape index (κ2) is 7.56. The number of carbonyl (C=O) groups excluding carboxylic acids is 1. The zero-order valence-corrected chi connectivity index (χ0v) is 11.7. The summed E-state index contributed by atoms with van der Waals surface area (Å²) in [5.41, 5.74) is -2.65. The Hall–Kier alpha value is -2.65. The molecule has 0 aliphatic heterocycles. The molecule has 0 fully saturated rings. The maximum absolute atomic E-state index is 12.5. The first-order valence-corrected chi connectivity index (χ1v) is 6.48. The summed E-state index contributed by atoms with van der Waals surface area (Å²) in [6.45, 7) is 0.0598. The molecule has 0 bridgehead atoms. The number of carboxylic acid groups (broad SMARTS) is 1. The molecule has 7 nitrogen and oxygen atoms in total. The molecule has 0 aliphatic rings. The van der Waals surface area contributed by atoms with Crippen LogP contribution in [0.15, 0.2) is 18.2 Å². The summed E-state index contributed by atoms with van der Waals surface area (Å²) < 4.78 is 37.6. The molecule has 1 amide bonds. The smallest absolute Gasteiger partial charge is 0.416 e. The van der Waals surface area contributed by atoms with E-state index in [1.54, 1.807) is 0 Å². The predicted octanol–water partition coefficient (Wildman–Crippen LogP) is 2.60. The number of nitrogens with zero attached hydrogens (tertiary/aromatic N) is 1. The van der Waals surface area contributed by atoms with Gasteiger partial charge in [0.15, 0.2) is 0 Å². The van der Waals surface area contributed by atoms with Crippen LogP contribution in [-0.2, 0) is 11.0 Å². The van der Waals surface area contributed by atoms with E-state index in [0.717, 1.165) is 6.07 Å². The van der Waals surface area contributed by atoms with Crippen LogP contribution in [0.3, 0.4) is 0 Å². The van der Waals surface area contributed by atoms with Crippen molar-refractivity contribution in [1.29, 1.82) is 0 Å². The van der Waals surface area contributed by atoms with Crippen molar-refractivity contribution in [1.82, 2.24) is 5.32 Å². The SMILES string of the molecule is O=C(O)CCCCNC(=O)c1ccc(C(F)(F)F)cc1[N+](=O)[O-]. The van der Waals surface area contributed by atoms with Gasteiger partial charge in [-0.05, 0) is 25.0 Å². The Morgan fingerprint density at radius 3 is 2.43 bits per heavy atom. The lowest BCUT2D eigenvalue weighted by Gasteiger charge is -2.09. The van der Waals surface area contributed by atoms with Gasteiger partial charge in [-0.3, -0.25) is 19.7 Å². The fourth-order valence-electron chi connectivity index (χ4n) is 1.75. The lowest BCUT2D eigenvalue weighted by Crippen LogP contribution is -2.25. The molecule has 1 aromatic carbocycles. The third-order valence-electron chi connectivity index (χ3n) is 2.87. The zero-order chi connectivity index (χ0) is 17.6. The fraction of sp³-hybridized carbons (Fsp3) is 0.385.